The number of hydrogen-bond acceptors (Lipinski definition) is 3. The third-order valence-corrected chi connectivity index (χ3v) is 6.79. The molecule has 124 valence electrons. The lowest BCUT2D eigenvalue weighted by atomic mass is 10.2. The van der Waals surface area contributed by atoms with Crippen LogP contribution in [0.3, 0.4) is 0 Å². The molecule has 3 rings (SSSR count). The van der Waals surface area contributed by atoms with Gasteiger partial charge in [-0.3, -0.25) is 0 Å². The quantitative estimate of drug-likeness (QED) is 0.818. The molecule has 8 heteroatoms. The summed E-state index contributed by atoms with van der Waals surface area (Å²) in [6.07, 6.45) is -3.45. The molecule has 23 heavy (non-hydrogen) atoms. The first-order valence-electron chi connectivity index (χ1n) is 7.03. The van der Waals surface area contributed by atoms with E-state index in [9.17, 15) is 21.6 Å². The molecule has 3 nitrogen and oxygen atoms in total. The summed E-state index contributed by atoms with van der Waals surface area (Å²) in [6.45, 7) is 0.233. The maximum absolute atomic E-state index is 13.2. The van der Waals surface area contributed by atoms with Crippen LogP contribution in [0.25, 0.3) is 0 Å². The Morgan fingerprint density at radius 3 is 2.52 bits per heavy atom. The van der Waals surface area contributed by atoms with E-state index in [4.69, 9.17) is 0 Å². The second-order valence-corrected chi connectivity index (χ2v) is 8.12. The minimum Gasteiger partial charge on any atom is -0.207 e. The molecule has 1 aromatic heterocycles. The minimum atomic E-state index is -4.71. The number of benzene rings is 1. The van der Waals surface area contributed by atoms with Gasteiger partial charge in [0.15, 0.2) is 0 Å². The molecule has 0 spiro atoms. The van der Waals surface area contributed by atoms with E-state index >= 15 is 0 Å². The van der Waals surface area contributed by atoms with Crippen LogP contribution in [0.15, 0.2) is 46.7 Å². The first kappa shape index (κ1) is 16.5. The second kappa shape index (κ2) is 5.92. The van der Waals surface area contributed by atoms with Crippen LogP contribution in [0.1, 0.15) is 29.3 Å². The first-order valence-corrected chi connectivity index (χ1v) is 9.35. The van der Waals surface area contributed by atoms with Gasteiger partial charge in [-0.25, -0.2) is 8.42 Å². The van der Waals surface area contributed by atoms with E-state index in [1.54, 1.807) is 0 Å². The SMILES string of the molecule is O=S(=O)(c1ccccc1C(F)(F)F)N1CCCC1c1cccs1. The highest BCUT2D eigenvalue weighted by Gasteiger charge is 2.42. The number of sulfonamides is 1. The summed E-state index contributed by atoms with van der Waals surface area (Å²) >= 11 is 1.42. The van der Waals surface area contributed by atoms with Crippen molar-refractivity contribution < 1.29 is 21.6 Å². The van der Waals surface area contributed by atoms with Crippen LogP contribution in [0.4, 0.5) is 13.2 Å². The number of alkyl halides is 3. The van der Waals surface area contributed by atoms with E-state index < -0.39 is 26.7 Å². The van der Waals surface area contributed by atoms with Crippen molar-refractivity contribution in [3.05, 3.63) is 52.2 Å². The van der Waals surface area contributed by atoms with Gasteiger partial charge in [-0.05, 0) is 36.4 Å². The van der Waals surface area contributed by atoms with Gasteiger partial charge in [0.05, 0.1) is 16.5 Å². The largest absolute Gasteiger partial charge is 0.417 e. The molecule has 1 aromatic carbocycles. The average molecular weight is 361 g/mol. The van der Waals surface area contributed by atoms with Gasteiger partial charge in [0.2, 0.25) is 10.0 Å². The van der Waals surface area contributed by atoms with Crippen LogP contribution < -0.4 is 0 Å². The highest BCUT2D eigenvalue weighted by molar-refractivity contribution is 7.89. The minimum absolute atomic E-state index is 0.233. The summed E-state index contributed by atoms with van der Waals surface area (Å²) in [4.78, 5) is 0.187. The molecule has 2 aromatic rings. The Morgan fingerprint density at radius 1 is 1.13 bits per heavy atom. The van der Waals surface area contributed by atoms with Crippen LogP contribution in [-0.2, 0) is 16.2 Å². The van der Waals surface area contributed by atoms with Gasteiger partial charge in [-0.1, -0.05) is 18.2 Å². The molecule has 2 heterocycles. The van der Waals surface area contributed by atoms with Gasteiger partial charge in [0, 0.05) is 11.4 Å². The molecule has 0 saturated carbocycles. The molecule has 0 amide bonds. The predicted molar refractivity (Wildman–Crippen MR) is 81.6 cm³/mol. The second-order valence-electron chi connectivity index (χ2n) is 5.28. The van der Waals surface area contributed by atoms with Crippen molar-refractivity contribution in [3.63, 3.8) is 0 Å². The maximum atomic E-state index is 13.2. The van der Waals surface area contributed by atoms with Gasteiger partial charge >= 0.3 is 6.18 Å². The van der Waals surface area contributed by atoms with E-state index in [2.05, 4.69) is 0 Å². The zero-order chi connectivity index (χ0) is 16.7. The smallest absolute Gasteiger partial charge is 0.207 e. The van der Waals surface area contributed by atoms with Gasteiger partial charge < -0.3 is 0 Å². The van der Waals surface area contributed by atoms with E-state index in [1.807, 2.05) is 17.5 Å². The fourth-order valence-corrected chi connectivity index (χ4v) is 5.67. The summed E-state index contributed by atoms with van der Waals surface area (Å²) in [7, 11) is -4.21. The van der Waals surface area contributed by atoms with Crippen LogP contribution in [0, 0.1) is 0 Å². The molecule has 0 aliphatic carbocycles. The van der Waals surface area contributed by atoms with Crippen LogP contribution in [-0.4, -0.2) is 19.3 Å². The van der Waals surface area contributed by atoms with Gasteiger partial charge in [-0.15, -0.1) is 11.3 Å². The van der Waals surface area contributed by atoms with Crippen molar-refractivity contribution in [2.24, 2.45) is 0 Å². The lowest BCUT2D eigenvalue weighted by molar-refractivity contribution is -0.139. The number of rotatable bonds is 3. The fraction of sp³-hybridized carbons (Fsp3) is 0.333. The Labute approximate surface area is 136 Å². The molecule has 1 saturated heterocycles. The fourth-order valence-electron chi connectivity index (χ4n) is 2.85. The van der Waals surface area contributed by atoms with Crippen molar-refractivity contribution in [2.45, 2.75) is 30.0 Å². The maximum Gasteiger partial charge on any atom is 0.417 e. The van der Waals surface area contributed by atoms with Gasteiger partial charge in [-0.2, -0.15) is 17.5 Å². The number of hydrogen-bond donors (Lipinski definition) is 0. The molecular formula is C15H14F3NO2S2. The number of halogens is 3. The molecule has 0 N–H and O–H groups in total. The Bertz CT molecular complexity index is 785. The van der Waals surface area contributed by atoms with E-state index in [0.717, 1.165) is 17.0 Å². The third kappa shape index (κ3) is 3.02. The van der Waals surface area contributed by atoms with Crippen molar-refractivity contribution >= 4 is 21.4 Å². The summed E-state index contributed by atoms with van der Waals surface area (Å²) in [6, 6.07) is 7.60. The predicted octanol–water partition coefficient (Wildman–Crippen LogP) is 4.29. The standard InChI is InChI=1S/C15H14F3NO2S2/c16-15(17,18)11-5-1-2-8-14(11)23(20,21)19-9-3-6-12(19)13-7-4-10-22-13/h1-2,4-5,7-8,10,12H,3,6,9H2. The molecule has 1 aliphatic rings. The molecule has 1 unspecified atom stereocenters. The monoisotopic (exact) mass is 361 g/mol. The normalized spacial score (nSPS) is 20.0. The van der Waals surface area contributed by atoms with Gasteiger partial charge in [0.25, 0.3) is 0 Å². The van der Waals surface area contributed by atoms with Crippen LogP contribution in [0.5, 0.6) is 0 Å². The summed E-state index contributed by atoms with van der Waals surface area (Å²) in [5.41, 5.74) is -1.11. The topological polar surface area (TPSA) is 37.4 Å². The highest BCUT2D eigenvalue weighted by atomic mass is 32.2. The Balaban J connectivity index is 2.06. The Kier molecular flexibility index (Phi) is 4.24. The van der Waals surface area contributed by atoms with Crippen molar-refractivity contribution in [1.29, 1.82) is 0 Å². The number of nitrogens with zero attached hydrogens (tertiary/aromatic N) is 1. The summed E-state index contributed by atoms with van der Waals surface area (Å²) in [5.74, 6) is 0. The Morgan fingerprint density at radius 2 is 1.87 bits per heavy atom. The zero-order valence-corrected chi connectivity index (χ0v) is 13.6. The summed E-state index contributed by atoms with van der Waals surface area (Å²) in [5, 5.41) is 1.84. The van der Waals surface area contributed by atoms with Crippen molar-refractivity contribution in [3.8, 4) is 0 Å². The van der Waals surface area contributed by atoms with E-state index in [-0.39, 0.29) is 12.6 Å². The summed E-state index contributed by atoms with van der Waals surface area (Å²) < 4.78 is 66.3. The van der Waals surface area contributed by atoms with Crippen molar-refractivity contribution in [1.82, 2.24) is 4.31 Å². The molecule has 0 bridgehead atoms. The van der Waals surface area contributed by atoms with Crippen LogP contribution >= 0.6 is 11.3 Å². The van der Waals surface area contributed by atoms with E-state index in [0.29, 0.717) is 12.8 Å². The molecule has 0 radical (unpaired) electrons. The van der Waals surface area contributed by atoms with Crippen LogP contribution in [0.2, 0.25) is 0 Å². The molecule has 1 atom stereocenters. The molecular weight excluding hydrogens is 347 g/mol. The highest BCUT2D eigenvalue weighted by Crippen LogP contribution is 2.41. The molecule has 1 fully saturated rings. The third-order valence-electron chi connectivity index (χ3n) is 3.85. The first-order chi connectivity index (χ1) is 10.8. The van der Waals surface area contributed by atoms with E-state index in [1.165, 1.54) is 27.8 Å². The lowest BCUT2D eigenvalue weighted by Gasteiger charge is -2.25. The Hall–Kier alpha value is -1.38. The van der Waals surface area contributed by atoms with Gasteiger partial charge in [0.1, 0.15) is 0 Å². The lowest BCUT2D eigenvalue weighted by Crippen LogP contribution is -2.31. The van der Waals surface area contributed by atoms with Crippen molar-refractivity contribution in [2.75, 3.05) is 6.54 Å². The number of thiophene rings is 1. The average Bonchev–Trinajstić information content (AvgIpc) is 3.17. The molecule has 1 aliphatic heterocycles. The zero-order valence-electron chi connectivity index (χ0n) is 12.0.